The van der Waals surface area contributed by atoms with Crippen LogP contribution in [0, 0.1) is 17.8 Å². The van der Waals surface area contributed by atoms with Crippen molar-refractivity contribution in [2.24, 2.45) is 17.8 Å². The van der Waals surface area contributed by atoms with Crippen molar-refractivity contribution in [2.75, 3.05) is 0 Å². The first kappa shape index (κ1) is 12.9. The van der Waals surface area contributed by atoms with Gasteiger partial charge in [0.15, 0.2) is 17.3 Å². The molecule has 0 aliphatic heterocycles. The fourth-order valence-electron chi connectivity index (χ4n) is 3.12. The van der Waals surface area contributed by atoms with Crippen LogP contribution in [0.3, 0.4) is 0 Å². The summed E-state index contributed by atoms with van der Waals surface area (Å²) < 4.78 is 5.16. The van der Waals surface area contributed by atoms with E-state index in [4.69, 9.17) is 9.52 Å². The van der Waals surface area contributed by atoms with Crippen LogP contribution in [0.1, 0.15) is 40.9 Å². The number of aliphatic carboxylic acids is 1. The van der Waals surface area contributed by atoms with Crippen molar-refractivity contribution >= 4 is 17.7 Å². The second-order valence-corrected chi connectivity index (χ2v) is 5.54. The third kappa shape index (κ3) is 2.11. The molecule has 20 heavy (non-hydrogen) atoms. The molecule has 4 atom stereocenters. The molecule has 2 aliphatic rings. The summed E-state index contributed by atoms with van der Waals surface area (Å²) in [5.41, 5.74) is 0. The minimum absolute atomic E-state index is 0.0891. The number of carbonyl (C=O) groups excluding carboxylic acids is 2. The van der Waals surface area contributed by atoms with Crippen LogP contribution in [0.15, 0.2) is 16.5 Å². The van der Waals surface area contributed by atoms with E-state index in [9.17, 15) is 14.4 Å². The molecule has 1 heterocycles. The molecule has 1 aromatic rings. The van der Waals surface area contributed by atoms with Crippen molar-refractivity contribution in [1.29, 1.82) is 0 Å². The van der Waals surface area contributed by atoms with E-state index in [0.29, 0.717) is 6.42 Å². The normalized spacial score (nSPS) is 30.6. The van der Waals surface area contributed by atoms with Crippen LogP contribution < -0.4 is 5.32 Å². The van der Waals surface area contributed by atoms with Gasteiger partial charge in [0.25, 0.3) is 5.91 Å². The first-order valence-corrected chi connectivity index (χ1v) is 6.62. The Bertz CT molecular complexity index is 590. The Morgan fingerprint density at radius 3 is 2.45 bits per heavy atom. The molecule has 2 saturated carbocycles. The lowest BCUT2D eigenvalue weighted by molar-refractivity contribution is -0.142. The lowest BCUT2D eigenvalue weighted by Crippen LogP contribution is -2.35. The van der Waals surface area contributed by atoms with Gasteiger partial charge in [-0.25, -0.2) is 0 Å². The van der Waals surface area contributed by atoms with E-state index in [1.807, 2.05) is 0 Å². The van der Waals surface area contributed by atoms with E-state index in [2.05, 4.69) is 5.32 Å². The standard InChI is InChI=1S/C14H15NO5/c1-6(16)11-2-3-12(20-11)13(17)15-10-5-9(14(18)19)7-4-8(7)10/h2-3,7-10H,4-5H2,1H3,(H,15,17)(H,18,19)/t7-,8+,9-,10+/m0/s1. The quantitative estimate of drug-likeness (QED) is 0.809. The summed E-state index contributed by atoms with van der Waals surface area (Å²) in [5.74, 6) is -1.07. The highest BCUT2D eigenvalue weighted by molar-refractivity contribution is 5.95. The number of carboxylic acid groups (broad SMARTS) is 1. The largest absolute Gasteiger partial charge is 0.481 e. The van der Waals surface area contributed by atoms with Crippen LogP contribution in [0.4, 0.5) is 0 Å². The van der Waals surface area contributed by atoms with Gasteiger partial charge < -0.3 is 14.8 Å². The highest BCUT2D eigenvalue weighted by Gasteiger charge is 2.57. The number of Topliss-reactive ketones (excluding diaryl/α,β-unsaturated/α-hetero) is 1. The summed E-state index contributed by atoms with van der Waals surface area (Å²) in [7, 11) is 0. The van der Waals surface area contributed by atoms with Gasteiger partial charge in [0.1, 0.15) is 0 Å². The van der Waals surface area contributed by atoms with Crippen molar-refractivity contribution in [3.8, 4) is 0 Å². The molecule has 0 aromatic carbocycles. The third-order valence-corrected chi connectivity index (χ3v) is 4.24. The van der Waals surface area contributed by atoms with E-state index >= 15 is 0 Å². The number of hydrogen-bond donors (Lipinski definition) is 2. The van der Waals surface area contributed by atoms with Crippen molar-refractivity contribution in [3.05, 3.63) is 23.7 Å². The minimum Gasteiger partial charge on any atom is -0.481 e. The van der Waals surface area contributed by atoms with Gasteiger partial charge in [-0.05, 0) is 36.8 Å². The number of rotatable bonds is 4. The molecule has 0 unspecified atom stereocenters. The maximum absolute atomic E-state index is 12.0. The minimum atomic E-state index is -0.786. The summed E-state index contributed by atoms with van der Waals surface area (Å²) in [6.45, 7) is 1.36. The monoisotopic (exact) mass is 277 g/mol. The van der Waals surface area contributed by atoms with Crippen LogP contribution in [0.5, 0.6) is 0 Å². The van der Waals surface area contributed by atoms with Gasteiger partial charge in [0, 0.05) is 13.0 Å². The summed E-state index contributed by atoms with van der Waals surface area (Å²) in [6, 6.07) is 2.81. The Balaban J connectivity index is 1.65. The SMILES string of the molecule is CC(=O)c1ccc(C(=O)N[C@@H]2C[C@H](C(=O)O)[C@H]3C[C@H]32)o1. The van der Waals surface area contributed by atoms with Gasteiger partial charge in [0.2, 0.25) is 0 Å². The molecule has 6 nitrogen and oxygen atoms in total. The van der Waals surface area contributed by atoms with Gasteiger partial charge in [-0.3, -0.25) is 14.4 Å². The molecule has 1 amide bonds. The summed E-state index contributed by atoms with van der Waals surface area (Å²) in [6.07, 6.45) is 1.33. The predicted molar refractivity (Wildman–Crippen MR) is 67.3 cm³/mol. The zero-order valence-corrected chi connectivity index (χ0v) is 11.0. The van der Waals surface area contributed by atoms with Gasteiger partial charge >= 0.3 is 5.97 Å². The molecule has 6 heteroatoms. The van der Waals surface area contributed by atoms with Crippen LogP contribution in [-0.4, -0.2) is 28.8 Å². The number of ketones is 1. The molecule has 0 radical (unpaired) electrons. The van der Waals surface area contributed by atoms with Crippen molar-refractivity contribution in [3.63, 3.8) is 0 Å². The van der Waals surface area contributed by atoms with E-state index in [1.165, 1.54) is 19.1 Å². The fraction of sp³-hybridized carbons (Fsp3) is 0.500. The van der Waals surface area contributed by atoms with Crippen LogP contribution in [-0.2, 0) is 4.79 Å². The number of carbonyl (C=O) groups is 3. The molecule has 2 fully saturated rings. The Hall–Kier alpha value is -2.11. The van der Waals surface area contributed by atoms with Crippen LogP contribution in [0.25, 0.3) is 0 Å². The number of amides is 1. The molecule has 1 aromatic heterocycles. The predicted octanol–water partition coefficient (Wildman–Crippen LogP) is 1.32. The van der Waals surface area contributed by atoms with E-state index in [-0.39, 0.29) is 47.0 Å². The zero-order chi connectivity index (χ0) is 14.4. The van der Waals surface area contributed by atoms with Gasteiger partial charge in [-0.2, -0.15) is 0 Å². The number of furan rings is 1. The van der Waals surface area contributed by atoms with Gasteiger partial charge in [0.05, 0.1) is 5.92 Å². The van der Waals surface area contributed by atoms with Crippen molar-refractivity contribution < 1.29 is 23.9 Å². The number of nitrogens with one attached hydrogen (secondary N) is 1. The number of hydrogen-bond acceptors (Lipinski definition) is 4. The average molecular weight is 277 g/mol. The maximum atomic E-state index is 12.0. The summed E-state index contributed by atoms with van der Waals surface area (Å²) in [5, 5.41) is 11.9. The van der Waals surface area contributed by atoms with Crippen LogP contribution >= 0.6 is 0 Å². The molecule has 0 spiro atoms. The molecule has 106 valence electrons. The molecule has 3 rings (SSSR count). The lowest BCUT2D eigenvalue weighted by atomic mass is 10.0. The molecule has 0 bridgehead atoms. The highest BCUT2D eigenvalue weighted by atomic mass is 16.4. The first-order valence-electron chi connectivity index (χ1n) is 6.62. The van der Waals surface area contributed by atoms with E-state index in [0.717, 1.165) is 6.42 Å². The molecule has 0 saturated heterocycles. The Morgan fingerprint density at radius 2 is 1.90 bits per heavy atom. The van der Waals surface area contributed by atoms with Gasteiger partial charge in [-0.15, -0.1) is 0 Å². The fourth-order valence-corrected chi connectivity index (χ4v) is 3.12. The van der Waals surface area contributed by atoms with Crippen molar-refractivity contribution in [2.45, 2.75) is 25.8 Å². The van der Waals surface area contributed by atoms with Gasteiger partial charge in [-0.1, -0.05) is 0 Å². The first-order chi connectivity index (χ1) is 9.47. The molecule has 2 N–H and O–H groups in total. The average Bonchev–Trinajstić information content (AvgIpc) is 2.86. The maximum Gasteiger partial charge on any atom is 0.306 e. The topological polar surface area (TPSA) is 96.6 Å². The lowest BCUT2D eigenvalue weighted by Gasteiger charge is -2.14. The Kier molecular flexibility index (Phi) is 2.88. The van der Waals surface area contributed by atoms with Crippen molar-refractivity contribution in [1.82, 2.24) is 5.32 Å². The summed E-state index contributed by atoms with van der Waals surface area (Å²) >= 11 is 0. The second-order valence-electron chi connectivity index (χ2n) is 5.54. The highest BCUT2D eigenvalue weighted by Crippen LogP contribution is 2.55. The van der Waals surface area contributed by atoms with E-state index in [1.54, 1.807) is 0 Å². The van der Waals surface area contributed by atoms with Crippen LogP contribution in [0.2, 0.25) is 0 Å². The zero-order valence-electron chi connectivity index (χ0n) is 11.0. The summed E-state index contributed by atoms with van der Waals surface area (Å²) in [4.78, 5) is 34.2. The smallest absolute Gasteiger partial charge is 0.306 e. The Morgan fingerprint density at radius 1 is 1.20 bits per heavy atom. The molecular formula is C14H15NO5. The second kappa shape index (κ2) is 4.47. The molecular weight excluding hydrogens is 262 g/mol. The number of carboxylic acids is 1. The molecule has 2 aliphatic carbocycles. The van der Waals surface area contributed by atoms with E-state index < -0.39 is 5.97 Å². The Labute approximate surface area is 115 Å². The number of fused-ring (bicyclic) bond motifs is 1. The third-order valence-electron chi connectivity index (χ3n) is 4.24.